The Balaban J connectivity index is 0.00000225. The van der Waals surface area contributed by atoms with Gasteiger partial charge in [-0.2, -0.15) is 0 Å². The average molecular weight is 366 g/mol. The molecule has 0 saturated carbocycles. The van der Waals surface area contributed by atoms with Crippen LogP contribution in [0.15, 0.2) is 24.3 Å². The van der Waals surface area contributed by atoms with Crippen LogP contribution in [0.2, 0.25) is 5.02 Å². The maximum absolute atomic E-state index is 10.8. The van der Waals surface area contributed by atoms with E-state index in [4.69, 9.17) is 26.4 Å². The Kier molecular flexibility index (Phi) is 6.21. The van der Waals surface area contributed by atoms with Gasteiger partial charge < -0.3 is 20.6 Å². The maximum atomic E-state index is 10.8. The number of hydrogen-bond donors (Lipinski definition) is 2. The van der Waals surface area contributed by atoms with Crippen LogP contribution in [-0.2, 0) is 22.5 Å². The van der Waals surface area contributed by atoms with E-state index in [0.717, 1.165) is 35.6 Å². The molecule has 1 aromatic heterocycles. The van der Waals surface area contributed by atoms with Crippen LogP contribution < -0.4 is 6.15 Å². The van der Waals surface area contributed by atoms with Crippen LogP contribution in [0.5, 0.6) is 0 Å². The van der Waals surface area contributed by atoms with Gasteiger partial charge in [0.05, 0.1) is 11.4 Å². The van der Waals surface area contributed by atoms with E-state index in [0.29, 0.717) is 11.6 Å². The topological polar surface area (TPSA) is 99.4 Å². The summed E-state index contributed by atoms with van der Waals surface area (Å²) in [7, 11) is 0. The molecule has 136 valence electrons. The van der Waals surface area contributed by atoms with Crippen molar-refractivity contribution >= 4 is 17.6 Å². The highest BCUT2D eigenvalue weighted by Gasteiger charge is 2.32. The number of aryl methyl sites for hydroxylation is 1. The quantitative estimate of drug-likeness (QED) is 0.807. The lowest BCUT2D eigenvalue weighted by Crippen LogP contribution is -2.16. The van der Waals surface area contributed by atoms with Crippen LogP contribution in [0, 0.1) is 0 Å². The summed E-state index contributed by atoms with van der Waals surface area (Å²) in [6.07, 6.45) is 1.40. The molecule has 0 radical (unpaired) electrons. The van der Waals surface area contributed by atoms with Crippen molar-refractivity contribution in [2.24, 2.45) is 0 Å². The number of aromatic nitrogens is 2. The Morgan fingerprint density at radius 1 is 1.40 bits per heavy atom. The van der Waals surface area contributed by atoms with Gasteiger partial charge in [0.15, 0.2) is 0 Å². The second-order valence-corrected chi connectivity index (χ2v) is 6.84. The summed E-state index contributed by atoms with van der Waals surface area (Å²) in [6.45, 7) is 4.62. The number of imidazole rings is 1. The monoisotopic (exact) mass is 365 g/mol. The average Bonchev–Trinajstić information content (AvgIpc) is 3.08. The lowest BCUT2D eigenvalue weighted by atomic mass is 10.1. The van der Waals surface area contributed by atoms with Crippen LogP contribution in [0.4, 0.5) is 0 Å². The molecule has 1 aliphatic carbocycles. The number of ether oxygens (including phenoxy) is 1. The molecule has 6 nitrogen and oxygen atoms in total. The van der Waals surface area contributed by atoms with Gasteiger partial charge in [-0.1, -0.05) is 37.6 Å². The van der Waals surface area contributed by atoms with Gasteiger partial charge in [0.2, 0.25) is 0 Å². The van der Waals surface area contributed by atoms with Crippen molar-refractivity contribution < 1.29 is 14.6 Å². The smallest absolute Gasteiger partial charge is 0.329 e. The summed E-state index contributed by atoms with van der Waals surface area (Å²) in [5.41, 5.74) is 3.18. The molecule has 2 aromatic rings. The third-order valence-corrected chi connectivity index (χ3v) is 4.49. The van der Waals surface area contributed by atoms with Gasteiger partial charge in [0.25, 0.3) is 0 Å². The second kappa shape index (κ2) is 7.99. The Labute approximate surface area is 152 Å². The molecule has 0 aliphatic heterocycles. The normalized spacial score (nSPS) is 15.9. The first kappa shape index (κ1) is 19.4. The number of hydrogen-bond acceptors (Lipinski definition) is 4. The van der Waals surface area contributed by atoms with E-state index in [2.05, 4.69) is 18.4 Å². The van der Waals surface area contributed by atoms with Crippen molar-refractivity contribution in [2.75, 3.05) is 6.61 Å². The van der Waals surface area contributed by atoms with Gasteiger partial charge in [-0.25, -0.2) is 9.78 Å². The summed E-state index contributed by atoms with van der Waals surface area (Å²) in [5, 5.41) is 9.60. The summed E-state index contributed by atoms with van der Waals surface area (Å²) in [5.74, 6) is 0.345. The van der Waals surface area contributed by atoms with Crippen molar-refractivity contribution in [1.29, 1.82) is 0 Å². The fraction of sp³-hybridized carbons (Fsp3) is 0.444. The van der Waals surface area contributed by atoms with E-state index in [1.165, 1.54) is 0 Å². The van der Waals surface area contributed by atoms with Gasteiger partial charge >= 0.3 is 5.97 Å². The maximum Gasteiger partial charge on any atom is 0.329 e. The largest absolute Gasteiger partial charge is 0.480 e. The minimum Gasteiger partial charge on any atom is -0.480 e. The van der Waals surface area contributed by atoms with Crippen molar-refractivity contribution in [2.45, 2.75) is 45.3 Å². The molecule has 1 aliphatic rings. The molecule has 1 heterocycles. The number of aliphatic carboxylic acids is 1. The molecule has 0 fully saturated rings. The molecule has 3 rings (SSSR count). The Hall–Kier alpha value is -1.89. The minimum atomic E-state index is -0.948. The fourth-order valence-corrected chi connectivity index (χ4v) is 3.32. The van der Waals surface area contributed by atoms with Gasteiger partial charge in [-0.3, -0.25) is 0 Å². The molecule has 0 saturated heterocycles. The third kappa shape index (κ3) is 4.21. The van der Waals surface area contributed by atoms with E-state index in [-0.39, 0.29) is 24.8 Å². The Bertz CT molecular complexity index is 741. The predicted molar refractivity (Wildman–Crippen MR) is 96.5 cm³/mol. The number of fused-ring (bicyclic) bond motifs is 1. The lowest BCUT2D eigenvalue weighted by molar-refractivity contribution is -0.144. The van der Waals surface area contributed by atoms with Crippen LogP contribution in [0.25, 0.3) is 0 Å². The highest BCUT2D eigenvalue weighted by molar-refractivity contribution is 6.30. The highest BCUT2D eigenvalue weighted by atomic mass is 35.5. The van der Waals surface area contributed by atoms with Crippen LogP contribution in [0.1, 0.15) is 55.1 Å². The summed E-state index contributed by atoms with van der Waals surface area (Å²) < 4.78 is 7.78. The standard InChI is InChI=1S/C18H21ClN2O3.H3N/c1-11(2)18-20-14-7-8-15(24-10-16(22)23)17(14)21(18)9-12-3-5-13(19)6-4-12;/h3-6,11,15H,7-10H2,1-2H3,(H,22,23);1H3. The number of carbonyl (C=O) groups is 1. The number of carboxylic acid groups (broad SMARTS) is 1. The Morgan fingerprint density at radius 3 is 2.68 bits per heavy atom. The minimum absolute atomic E-state index is 0. The first-order valence-corrected chi connectivity index (χ1v) is 8.50. The van der Waals surface area contributed by atoms with Crippen LogP contribution in [0.3, 0.4) is 0 Å². The molecular formula is C18H24ClN3O3. The molecular weight excluding hydrogens is 342 g/mol. The highest BCUT2D eigenvalue weighted by Crippen LogP contribution is 2.36. The number of carboxylic acids is 1. The first-order chi connectivity index (χ1) is 11.5. The molecule has 7 heteroatoms. The van der Waals surface area contributed by atoms with Gasteiger partial charge in [0, 0.05) is 17.5 Å². The number of benzene rings is 1. The molecule has 25 heavy (non-hydrogen) atoms. The molecule has 0 amide bonds. The van der Waals surface area contributed by atoms with Crippen molar-refractivity contribution in [3.8, 4) is 0 Å². The fourth-order valence-electron chi connectivity index (χ4n) is 3.20. The zero-order valence-corrected chi connectivity index (χ0v) is 15.3. The summed E-state index contributed by atoms with van der Waals surface area (Å²) in [6, 6.07) is 7.75. The molecule has 1 atom stereocenters. The molecule has 1 unspecified atom stereocenters. The molecule has 0 spiro atoms. The first-order valence-electron chi connectivity index (χ1n) is 8.12. The third-order valence-electron chi connectivity index (χ3n) is 4.24. The SMILES string of the molecule is CC(C)c1nc2c(n1Cc1ccc(Cl)cc1)C(OCC(=O)O)CC2.N. The van der Waals surface area contributed by atoms with Crippen LogP contribution >= 0.6 is 11.6 Å². The van der Waals surface area contributed by atoms with E-state index >= 15 is 0 Å². The molecule has 4 N–H and O–H groups in total. The van der Waals surface area contributed by atoms with Gasteiger partial charge in [-0.05, 0) is 30.5 Å². The predicted octanol–water partition coefficient (Wildman–Crippen LogP) is 3.96. The number of halogens is 1. The van der Waals surface area contributed by atoms with Gasteiger partial charge in [-0.15, -0.1) is 0 Å². The molecule has 1 aromatic carbocycles. The summed E-state index contributed by atoms with van der Waals surface area (Å²) in [4.78, 5) is 15.6. The lowest BCUT2D eigenvalue weighted by Gasteiger charge is -2.18. The second-order valence-electron chi connectivity index (χ2n) is 6.40. The van der Waals surface area contributed by atoms with Crippen molar-refractivity contribution in [1.82, 2.24) is 15.7 Å². The van der Waals surface area contributed by atoms with E-state index < -0.39 is 5.97 Å². The van der Waals surface area contributed by atoms with Crippen LogP contribution in [-0.4, -0.2) is 27.2 Å². The van der Waals surface area contributed by atoms with Gasteiger partial charge in [0.1, 0.15) is 18.5 Å². The zero-order chi connectivity index (χ0) is 17.3. The molecule has 0 bridgehead atoms. The van der Waals surface area contributed by atoms with E-state index in [1.54, 1.807) is 0 Å². The zero-order valence-electron chi connectivity index (χ0n) is 14.5. The summed E-state index contributed by atoms with van der Waals surface area (Å²) >= 11 is 5.97. The Morgan fingerprint density at radius 2 is 2.08 bits per heavy atom. The number of rotatable bonds is 6. The number of nitrogens with zero attached hydrogens (tertiary/aromatic N) is 2. The van der Waals surface area contributed by atoms with E-state index in [9.17, 15) is 4.79 Å². The van der Waals surface area contributed by atoms with E-state index in [1.807, 2.05) is 24.3 Å². The van der Waals surface area contributed by atoms with Crippen molar-refractivity contribution in [3.05, 3.63) is 52.1 Å². The van der Waals surface area contributed by atoms with Crippen molar-refractivity contribution in [3.63, 3.8) is 0 Å².